The molecule has 0 aliphatic heterocycles. The molecule has 1 aromatic heterocycles. The van der Waals surface area contributed by atoms with Crippen LogP contribution in [0, 0.1) is 6.92 Å². The lowest BCUT2D eigenvalue weighted by Crippen LogP contribution is -2.21. The van der Waals surface area contributed by atoms with E-state index >= 15 is 0 Å². The molecule has 0 unspecified atom stereocenters. The molecule has 3 rings (SSSR count). The second-order valence-electron chi connectivity index (χ2n) is 5.41. The van der Waals surface area contributed by atoms with E-state index in [1.807, 2.05) is 50.2 Å². The zero-order valence-electron chi connectivity index (χ0n) is 13.6. The third kappa shape index (κ3) is 3.30. The third-order valence-electron chi connectivity index (χ3n) is 3.53. The van der Waals surface area contributed by atoms with Gasteiger partial charge >= 0.3 is 0 Å². The van der Waals surface area contributed by atoms with Gasteiger partial charge in [-0.2, -0.15) is 0 Å². The van der Waals surface area contributed by atoms with Crippen molar-refractivity contribution >= 4 is 22.6 Å². The average molecular weight is 322 g/mol. The summed E-state index contributed by atoms with van der Waals surface area (Å²) < 4.78 is 11.3. The van der Waals surface area contributed by atoms with Crippen LogP contribution in [-0.4, -0.2) is 12.5 Å². The Kier molecular flexibility index (Phi) is 4.33. The van der Waals surface area contributed by atoms with Crippen LogP contribution in [0.5, 0.6) is 5.75 Å². The number of ether oxygens (including phenoxy) is 1. The maximum absolute atomic E-state index is 11.8. The fourth-order valence-electron chi connectivity index (χ4n) is 2.43. The number of primary amides is 1. The number of benzene rings is 2. The van der Waals surface area contributed by atoms with Crippen molar-refractivity contribution in [2.75, 3.05) is 6.61 Å². The molecule has 2 aromatic carbocycles. The van der Waals surface area contributed by atoms with Crippen LogP contribution in [0.3, 0.4) is 0 Å². The van der Waals surface area contributed by atoms with Crippen LogP contribution in [0.15, 0.2) is 57.9 Å². The van der Waals surface area contributed by atoms with Crippen molar-refractivity contribution in [2.24, 2.45) is 10.7 Å². The fraction of sp³-hybridized carbons (Fsp3) is 0.158. The molecule has 0 saturated heterocycles. The second kappa shape index (κ2) is 6.58. The van der Waals surface area contributed by atoms with Gasteiger partial charge in [0.25, 0.3) is 5.91 Å². The van der Waals surface area contributed by atoms with Crippen LogP contribution in [0.2, 0.25) is 0 Å². The van der Waals surface area contributed by atoms with Gasteiger partial charge in [-0.3, -0.25) is 4.79 Å². The number of aryl methyl sites for hydroxylation is 1. The lowest BCUT2D eigenvalue weighted by Gasteiger charge is -2.06. The maximum Gasteiger partial charge on any atom is 0.254 e. The van der Waals surface area contributed by atoms with Gasteiger partial charge in [-0.25, -0.2) is 4.99 Å². The molecule has 122 valence electrons. The zero-order valence-corrected chi connectivity index (χ0v) is 13.6. The Hall–Kier alpha value is -3.08. The molecule has 0 spiro atoms. The van der Waals surface area contributed by atoms with Crippen LogP contribution in [0.1, 0.15) is 22.8 Å². The van der Waals surface area contributed by atoms with Gasteiger partial charge in [0.2, 0.25) is 5.55 Å². The number of carbonyl (C=O) groups excluding carboxylic acids is 1. The summed E-state index contributed by atoms with van der Waals surface area (Å²) in [6.45, 7) is 4.45. The lowest BCUT2D eigenvalue weighted by molar-refractivity contribution is 0.0996. The van der Waals surface area contributed by atoms with Gasteiger partial charge in [0, 0.05) is 11.5 Å². The molecule has 1 amide bonds. The molecule has 3 aromatic rings. The number of nitrogens with two attached hydrogens (primary N) is 1. The maximum atomic E-state index is 11.8. The van der Waals surface area contributed by atoms with E-state index in [2.05, 4.69) is 4.99 Å². The first-order valence-corrected chi connectivity index (χ1v) is 7.68. The highest BCUT2D eigenvalue weighted by molar-refractivity contribution is 5.95. The average Bonchev–Trinajstić information content (AvgIpc) is 2.54. The van der Waals surface area contributed by atoms with Crippen molar-refractivity contribution in [3.05, 3.63) is 65.2 Å². The molecular formula is C19H18N2O3. The van der Waals surface area contributed by atoms with Crippen molar-refractivity contribution in [1.82, 2.24) is 0 Å². The highest BCUT2D eigenvalue weighted by Crippen LogP contribution is 2.21. The number of hydrogen-bond donors (Lipinski definition) is 1. The number of nitrogens with zero attached hydrogens (tertiary/aromatic N) is 1. The molecule has 24 heavy (non-hydrogen) atoms. The van der Waals surface area contributed by atoms with Gasteiger partial charge in [0.15, 0.2) is 0 Å². The number of carbonyl (C=O) groups is 1. The molecule has 0 radical (unpaired) electrons. The predicted octanol–water partition coefficient (Wildman–Crippen LogP) is 3.47. The first-order chi connectivity index (χ1) is 11.6. The van der Waals surface area contributed by atoms with Crippen molar-refractivity contribution in [3.63, 3.8) is 0 Å². The summed E-state index contributed by atoms with van der Waals surface area (Å²) in [6.07, 6.45) is 0. The van der Waals surface area contributed by atoms with Crippen LogP contribution >= 0.6 is 0 Å². The minimum atomic E-state index is -0.582. The Labute approximate surface area is 139 Å². The fourth-order valence-corrected chi connectivity index (χ4v) is 2.43. The Balaban J connectivity index is 2.23. The summed E-state index contributed by atoms with van der Waals surface area (Å²) in [5.74, 6) is 0.114. The number of rotatable bonds is 4. The standard InChI is InChI=1S/C19H18N2O3/c1-3-23-15-8-7-13-10-16(18(20)22)19(24-17(13)11-15)21-14-6-4-5-12(2)9-14/h4-11H,3H2,1-2H3,(H2,20,22). The van der Waals surface area contributed by atoms with E-state index in [9.17, 15) is 4.79 Å². The second-order valence-corrected chi connectivity index (χ2v) is 5.41. The summed E-state index contributed by atoms with van der Waals surface area (Å²) in [5, 5.41) is 0.760. The molecule has 0 fully saturated rings. The topological polar surface area (TPSA) is 77.8 Å². The summed E-state index contributed by atoms with van der Waals surface area (Å²) in [6, 6.07) is 14.7. The Morgan fingerprint density at radius 2 is 2.04 bits per heavy atom. The van der Waals surface area contributed by atoms with E-state index in [0.29, 0.717) is 23.6 Å². The molecule has 2 N–H and O–H groups in total. The van der Waals surface area contributed by atoms with Gasteiger partial charge < -0.3 is 14.9 Å². The zero-order chi connectivity index (χ0) is 17.1. The first-order valence-electron chi connectivity index (χ1n) is 7.68. The quantitative estimate of drug-likeness (QED) is 0.799. The summed E-state index contributed by atoms with van der Waals surface area (Å²) in [4.78, 5) is 16.2. The first kappa shape index (κ1) is 15.8. The monoisotopic (exact) mass is 322 g/mol. The SMILES string of the molecule is CCOc1ccc2cc(C(N)=O)c(=Nc3cccc(C)c3)oc2c1. The molecule has 5 heteroatoms. The van der Waals surface area contributed by atoms with Gasteiger partial charge in [-0.15, -0.1) is 0 Å². The lowest BCUT2D eigenvalue weighted by atomic mass is 10.1. The van der Waals surface area contributed by atoms with Crippen LogP contribution in [0.4, 0.5) is 5.69 Å². The highest BCUT2D eigenvalue weighted by atomic mass is 16.5. The smallest absolute Gasteiger partial charge is 0.254 e. The van der Waals surface area contributed by atoms with Gasteiger partial charge in [-0.05, 0) is 49.7 Å². The van der Waals surface area contributed by atoms with E-state index in [-0.39, 0.29) is 11.1 Å². The van der Waals surface area contributed by atoms with E-state index in [1.54, 1.807) is 12.1 Å². The van der Waals surface area contributed by atoms with Crippen molar-refractivity contribution in [3.8, 4) is 5.75 Å². The van der Waals surface area contributed by atoms with Crippen molar-refractivity contribution in [1.29, 1.82) is 0 Å². The Morgan fingerprint density at radius 3 is 2.75 bits per heavy atom. The minimum Gasteiger partial charge on any atom is -0.494 e. The summed E-state index contributed by atoms with van der Waals surface area (Å²) in [7, 11) is 0. The molecule has 0 bridgehead atoms. The highest BCUT2D eigenvalue weighted by Gasteiger charge is 2.10. The van der Waals surface area contributed by atoms with E-state index in [0.717, 1.165) is 10.9 Å². The van der Waals surface area contributed by atoms with Crippen LogP contribution < -0.4 is 16.0 Å². The molecule has 5 nitrogen and oxygen atoms in total. The summed E-state index contributed by atoms with van der Waals surface area (Å²) >= 11 is 0. The van der Waals surface area contributed by atoms with Crippen LogP contribution in [-0.2, 0) is 0 Å². The van der Waals surface area contributed by atoms with Gasteiger partial charge in [0.1, 0.15) is 16.9 Å². The largest absolute Gasteiger partial charge is 0.494 e. The van der Waals surface area contributed by atoms with Crippen molar-refractivity contribution < 1.29 is 13.9 Å². The normalized spacial score (nSPS) is 11.7. The molecule has 0 saturated carbocycles. The molecule has 1 heterocycles. The molecule has 0 atom stereocenters. The van der Waals surface area contributed by atoms with Crippen molar-refractivity contribution in [2.45, 2.75) is 13.8 Å². The van der Waals surface area contributed by atoms with Crippen LogP contribution in [0.25, 0.3) is 11.0 Å². The van der Waals surface area contributed by atoms with Gasteiger partial charge in [-0.1, -0.05) is 12.1 Å². The third-order valence-corrected chi connectivity index (χ3v) is 3.53. The molecular weight excluding hydrogens is 304 g/mol. The van der Waals surface area contributed by atoms with E-state index < -0.39 is 5.91 Å². The predicted molar refractivity (Wildman–Crippen MR) is 92.3 cm³/mol. The Morgan fingerprint density at radius 1 is 1.21 bits per heavy atom. The number of amides is 1. The number of fused-ring (bicyclic) bond motifs is 1. The summed E-state index contributed by atoms with van der Waals surface area (Å²) in [5.41, 5.74) is 8.26. The van der Waals surface area contributed by atoms with E-state index in [4.69, 9.17) is 14.9 Å². The molecule has 0 aliphatic carbocycles. The van der Waals surface area contributed by atoms with E-state index in [1.165, 1.54) is 0 Å². The van der Waals surface area contributed by atoms with Gasteiger partial charge in [0.05, 0.1) is 12.3 Å². The Bertz CT molecular complexity index is 974. The minimum absolute atomic E-state index is 0.189. The molecule has 0 aliphatic rings. The number of hydrogen-bond acceptors (Lipinski definition) is 4.